The first-order valence-corrected chi connectivity index (χ1v) is 15.6. The number of likely N-dealkylation sites (tertiary alicyclic amines) is 1. The van der Waals surface area contributed by atoms with Crippen molar-refractivity contribution in [3.8, 4) is 11.5 Å². The van der Waals surface area contributed by atoms with Gasteiger partial charge < -0.3 is 14.4 Å². The van der Waals surface area contributed by atoms with E-state index in [1.54, 1.807) is 30.7 Å². The highest BCUT2D eigenvalue weighted by Crippen LogP contribution is 2.28. The molecule has 2 aromatic rings. The van der Waals surface area contributed by atoms with Crippen molar-refractivity contribution < 1.29 is 17.9 Å². The minimum absolute atomic E-state index is 0.383. The first-order chi connectivity index (χ1) is 18.4. The van der Waals surface area contributed by atoms with Crippen LogP contribution in [0, 0.1) is 0 Å². The fourth-order valence-corrected chi connectivity index (χ4v) is 6.71. The summed E-state index contributed by atoms with van der Waals surface area (Å²) in [6.45, 7) is 11.2. The Hall–Kier alpha value is -2.13. The molecule has 7 nitrogen and oxygen atoms in total. The summed E-state index contributed by atoms with van der Waals surface area (Å²) in [6.07, 6.45) is 6.43. The van der Waals surface area contributed by atoms with Crippen LogP contribution in [0.2, 0.25) is 0 Å². The molecule has 1 aliphatic heterocycles. The van der Waals surface area contributed by atoms with Crippen LogP contribution in [0.1, 0.15) is 57.1 Å². The Balaban J connectivity index is 1.70. The number of sulfonamides is 1. The average molecular weight is 546 g/mol. The van der Waals surface area contributed by atoms with E-state index in [0.717, 1.165) is 62.5 Å². The largest absolute Gasteiger partial charge is 0.493 e. The van der Waals surface area contributed by atoms with Crippen molar-refractivity contribution in [1.82, 2.24) is 14.1 Å². The molecule has 8 heteroatoms. The first kappa shape index (κ1) is 30.4. The first-order valence-electron chi connectivity index (χ1n) is 14.2. The smallest absolute Gasteiger partial charge is 0.243 e. The molecule has 1 heterocycles. The zero-order chi connectivity index (χ0) is 27.4. The molecular weight excluding hydrogens is 498 g/mol. The second-order valence-electron chi connectivity index (χ2n) is 10.2. The van der Waals surface area contributed by atoms with E-state index in [9.17, 15) is 8.42 Å². The van der Waals surface area contributed by atoms with Crippen LogP contribution in [0.3, 0.4) is 0 Å². The lowest BCUT2D eigenvalue weighted by Crippen LogP contribution is -2.38. The summed E-state index contributed by atoms with van der Waals surface area (Å²) in [6, 6.07) is 13.6. The summed E-state index contributed by atoms with van der Waals surface area (Å²) >= 11 is 0. The van der Waals surface area contributed by atoms with E-state index < -0.39 is 10.0 Å². The molecule has 0 aliphatic carbocycles. The molecule has 1 saturated heterocycles. The summed E-state index contributed by atoms with van der Waals surface area (Å²) < 4.78 is 38.8. The average Bonchev–Trinajstić information content (AvgIpc) is 2.95. The van der Waals surface area contributed by atoms with Crippen LogP contribution in [0.15, 0.2) is 47.4 Å². The van der Waals surface area contributed by atoms with Crippen LogP contribution in [0.5, 0.6) is 11.5 Å². The van der Waals surface area contributed by atoms with Gasteiger partial charge in [-0.1, -0.05) is 38.5 Å². The molecule has 1 fully saturated rings. The maximum atomic E-state index is 13.2. The molecule has 0 bridgehead atoms. The Bertz CT molecular complexity index is 1060. The number of methoxy groups -OCH3 is 2. The lowest BCUT2D eigenvalue weighted by atomic mass is 10.1. The number of ether oxygens (including phenoxy) is 2. The fourth-order valence-electron chi connectivity index (χ4n) is 5.08. The van der Waals surface area contributed by atoms with Crippen LogP contribution in [-0.4, -0.2) is 82.6 Å². The topological polar surface area (TPSA) is 62.3 Å². The second kappa shape index (κ2) is 15.5. The van der Waals surface area contributed by atoms with E-state index in [1.807, 2.05) is 32.0 Å². The number of nitrogens with zero attached hydrogens (tertiary/aromatic N) is 3. The van der Waals surface area contributed by atoms with Gasteiger partial charge in [0.2, 0.25) is 10.0 Å². The Kier molecular flexibility index (Phi) is 12.4. The number of hydrogen-bond acceptors (Lipinski definition) is 6. The molecule has 0 amide bonds. The van der Waals surface area contributed by atoms with Gasteiger partial charge in [0.05, 0.1) is 19.1 Å². The van der Waals surface area contributed by atoms with E-state index in [0.29, 0.717) is 18.0 Å². The van der Waals surface area contributed by atoms with E-state index in [2.05, 4.69) is 21.9 Å². The summed E-state index contributed by atoms with van der Waals surface area (Å²) in [5, 5.41) is 0. The van der Waals surface area contributed by atoms with Gasteiger partial charge in [0.25, 0.3) is 0 Å². The molecule has 0 unspecified atom stereocenters. The summed E-state index contributed by atoms with van der Waals surface area (Å²) in [7, 11) is -0.142. The van der Waals surface area contributed by atoms with Gasteiger partial charge in [-0.15, -0.1) is 0 Å². The maximum Gasteiger partial charge on any atom is 0.243 e. The Morgan fingerprint density at radius 1 is 0.789 bits per heavy atom. The molecule has 0 aromatic heterocycles. The number of benzene rings is 2. The third kappa shape index (κ3) is 8.70. The third-order valence-electron chi connectivity index (χ3n) is 7.26. The normalized spacial score (nSPS) is 14.8. The molecule has 0 saturated carbocycles. The van der Waals surface area contributed by atoms with Gasteiger partial charge in [-0.3, -0.25) is 4.90 Å². The van der Waals surface area contributed by atoms with Crippen LogP contribution in [0.25, 0.3) is 0 Å². The second-order valence-corrected chi connectivity index (χ2v) is 12.1. The molecule has 1 aliphatic rings. The van der Waals surface area contributed by atoms with Crippen molar-refractivity contribution in [3.63, 3.8) is 0 Å². The highest BCUT2D eigenvalue weighted by atomic mass is 32.2. The van der Waals surface area contributed by atoms with E-state index in [1.165, 1.54) is 37.9 Å². The van der Waals surface area contributed by atoms with Crippen LogP contribution in [-0.2, 0) is 23.0 Å². The van der Waals surface area contributed by atoms with E-state index in [4.69, 9.17) is 9.47 Å². The van der Waals surface area contributed by atoms with Gasteiger partial charge in [-0.2, -0.15) is 4.31 Å². The van der Waals surface area contributed by atoms with Gasteiger partial charge >= 0.3 is 0 Å². The third-order valence-corrected chi connectivity index (χ3v) is 9.17. The van der Waals surface area contributed by atoms with E-state index >= 15 is 0 Å². The number of hydrogen-bond donors (Lipinski definition) is 0. The minimum atomic E-state index is -3.46. The standard InChI is InChI=1S/C30H47N3O4S/c1-5-17-33(18-6-2)38(34,35)28-13-10-27(11-14-28)25-32(23-22-31-19-8-7-9-20-31)21-16-26-12-15-29(36-3)30(24-26)37-4/h10-15,24H,5-9,16-23,25H2,1-4H3. The van der Waals surface area contributed by atoms with Crippen LogP contribution >= 0.6 is 0 Å². The Labute approximate surface area is 230 Å². The summed E-state index contributed by atoms with van der Waals surface area (Å²) in [5.41, 5.74) is 2.34. The molecule has 2 aromatic carbocycles. The SMILES string of the molecule is CCCN(CCC)S(=O)(=O)c1ccc(CN(CCc2ccc(OC)c(OC)c2)CCN2CCCCC2)cc1. The lowest BCUT2D eigenvalue weighted by Gasteiger charge is -2.30. The quantitative estimate of drug-likeness (QED) is 0.294. The molecule has 0 spiro atoms. The fraction of sp³-hybridized carbons (Fsp3) is 0.600. The molecule has 0 atom stereocenters. The Morgan fingerprint density at radius 2 is 1.42 bits per heavy atom. The van der Waals surface area contributed by atoms with Crippen molar-refractivity contribution >= 4 is 10.0 Å². The van der Waals surface area contributed by atoms with Gasteiger partial charge in [0, 0.05) is 39.3 Å². The molecule has 212 valence electrons. The van der Waals surface area contributed by atoms with Crippen molar-refractivity contribution in [2.75, 3.05) is 60.0 Å². The molecule has 0 radical (unpaired) electrons. The van der Waals surface area contributed by atoms with Gasteiger partial charge in [0.15, 0.2) is 11.5 Å². The lowest BCUT2D eigenvalue weighted by molar-refractivity contribution is 0.178. The van der Waals surface area contributed by atoms with Gasteiger partial charge in [0.1, 0.15) is 0 Å². The van der Waals surface area contributed by atoms with Crippen molar-refractivity contribution in [2.45, 2.75) is 63.8 Å². The van der Waals surface area contributed by atoms with Crippen LogP contribution in [0.4, 0.5) is 0 Å². The molecule has 3 rings (SSSR count). The van der Waals surface area contributed by atoms with Gasteiger partial charge in [-0.05, 0) is 80.6 Å². The monoisotopic (exact) mass is 545 g/mol. The molecule has 38 heavy (non-hydrogen) atoms. The van der Waals surface area contributed by atoms with Crippen molar-refractivity contribution in [3.05, 3.63) is 53.6 Å². The highest BCUT2D eigenvalue weighted by molar-refractivity contribution is 7.89. The number of rotatable bonds is 16. The van der Waals surface area contributed by atoms with Crippen LogP contribution < -0.4 is 9.47 Å². The highest BCUT2D eigenvalue weighted by Gasteiger charge is 2.23. The maximum absolute atomic E-state index is 13.2. The zero-order valence-electron chi connectivity index (χ0n) is 23.8. The summed E-state index contributed by atoms with van der Waals surface area (Å²) in [4.78, 5) is 5.43. The molecule has 0 N–H and O–H groups in total. The van der Waals surface area contributed by atoms with Crippen molar-refractivity contribution in [2.24, 2.45) is 0 Å². The van der Waals surface area contributed by atoms with Crippen molar-refractivity contribution in [1.29, 1.82) is 0 Å². The van der Waals surface area contributed by atoms with E-state index in [-0.39, 0.29) is 0 Å². The summed E-state index contributed by atoms with van der Waals surface area (Å²) in [5.74, 6) is 1.49. The zero-order valence-corrected chi connectivity index (χ0v) is 24.6. The van der Waals surface area contributed by atoms with Gasteiger partial charge in [-0.25, -0.2) is 8.42 Å². The predicted octanol–water partition coefficient (Wildman–Crippen LogP) is 5.05. The predicted molar refractivity (Wildman–Crippen MR) is 155 cm³/mol. The minimum Gasteiger partial charge on any atom is -0.493 e. The Morgan fingerprint density at radius 3 is 2.03 bits per heavy atom. The number of piperidine rings is 1. The molecular formula is C30H47N3O4S.